The number of fused-ring (bicyclic) bond motifs is 1. The molecule has 1 unspecified atom stereocenters. The van der Waals surface area contributed by atoms with E-state index in [1.165, 1.54) is 0 Å². The molecule has 1 N–H and O–H groups in total. The van der Waals surface area contributed by atoms with Gasteiger partial charge in [0, 0.05) is 0 Å². The SMILES string of the molecule is CC(C)C(O)c1cc(Cl)c2c(c1)OCCO2. The highest BCUT2D eigenvalue weighted by atomic mass is 35.5. The number of benzene rings is 1. The summed E-state index contributed by atoms with van der Waals surface area (Å²) in [5, 5.41) is 10.5. The second-order valence-corrected chi connectivity index (χ2v) is 4.62. The van der Waals surface area contributed by atoms with Crippen molar-refractivity contribution in [2.24, 2.45) is 5.92 Å². The molecule has 88 valence electrons. The topological polar surface area (TPSA) is 38.7 Å². The third-order valence-electron chi connectivity index (χ3n) is 2.59. The number of ether oxygens (including phenoxy) is 2. The molecule has 0 aliphatic carbocycles. The van der Waals surface area contributed by atoms with Crippen LogP contribution in [-0.4, -0.2) is 18.3 Å². The first-order valence-corrected chi connectivity index (χ1v) is 5.74. The van der Waals surface area contributed by atoms with Crippen molar-refractivity contribution in [2.45, 2.75) is 20.0 Å². The van der Waals surface area contributed by atoms with E-state index in [0.717, 1.165) is 5.56 Å². The van der Waals surface area contributed by atoms with E-state index in [1.54, 1.807) is 12.1 Å². The normalized spacial score (nSPS) is 16.3. The van der Waals surface area contributed by atoms with Gasteiger partial charge < -0.3 is 14.6 Å². The van der Waals surface area contributed by atoms with Crippen LogP contribution in [0, 0.1) is 5.92 Å². The second-order valence-electron chi connectivity index (χ2n) is 4.22. The summed E-state index contributed by atoms with van der Waals surface area (Å²) in [6.45, 7) is 4.94. The smallest absolute Gasteiger partial charge is 0.179 e. The number of aliphatic hydroxyl groups excluding tert-OH is 1. The summed E-state index contributed by atoms with van der Waals surface area (Å²) in [6, 6.07) is 3.53. The molecule has 4 heteroatoms. The molecular weight excluding hydrogens is 228 g/mol. The van der Waals surface area contributed by atoms with Crippen molar-refractivity contribution in [1.29, 1.82) is 0 Å². The highest BCUT2D eigenvalue weighted by molar-refractivity contribution is 6.32. The predicted molar refractivity (Wildman–Crippen MR) is 62.2 cm³/mol. The van der Waals surface area contributed by atoms with Crippen LogP contribution in [0.15, 0.2) is 12.1 Å². The molecule has 1 aliphatic rings. The largest absolute Gasteiger partial charge is 0.486 e. The fourth-order valence-corrected chi connectivity index (χ4v) is 1.96. The van der Waals surface area contributed by atoms with Crippen LogP contribution < -0.4 is 9.47 Å². The molecule has 1 heterocycles. The quantitative estimate of drug-likeness (QED) is 0.867. The second kappa shape index (κ2) is 4.52. The molecule has 0 radical (unpaired) electrons. The molecule has 0 saturated heterocycles. The van der Waals surface area contributed by atoms with Gasteiger partial charge in [-0.15, -0.1) is 0 Å². The lowest BCUT2D eigenvalue weighted by molar-refractivity contribution is 0.125. The van der Waals surface area contributed by atoms with Crippen LogP contribution in [0.1, 0.15) is 25.5 Å². The zero-order chi connectivity index (χ0) is 11.7. The van der Waals surface area contributed by atoms with Gasteiger partial charge in [0.05, 0.1) is 11.1 Å². The summed E-state index contributed by atoms with van der Waals surface area (Å²) >= 11 is 6.08. The number of hydrogen-bond acceptors (Lipinski definition) is 3. The van der Waals surface area contributed by atoms with Crippen molar-refractivity contribution in [3.05, 3.63) is 22.7 Å². The minimum Gasteiger partial charge on any atom is -0.486 e. The van der Waals surface area contributed by atoms with Crippen LogP contribution in [0.25, 0.3) is 0 Å². The van der Waals surface area contributed by atoms with Gasteiger partial charge in [0.25, 0.3) is 0 Å². The third-order valence-corrected chi connectivity index (χ3v) is 2.87. The van der Waals surface area contributed by atoms with Gasteiger partial charge in [-0.2, -0.15) is 0 Å². The van der Waals surface area contributed by atoms with Crippen molar-refractivity contribution in [2.75, 3.05) is 13.2 Å². The lowest BCUT2D eigenvalue weighted by Crippen LogP contribution is -2.16. The molecule has 0 aromatic heterocycles. The first-order valence-electron chi connectivity index (χ1n) is 5.36. The van der Waals surface area contributed by atoms with Crippen LogP contribution in [0.2, 0.25) is 5.02 Å². The summed E-state index contributed by atoms with van der Waals surface area (Å²) in [4.78, 5) is 0. The first-order chi connectivity index (χ1) is 7.59. The summed E-state index contributed by atoms with van der Waals surface area (Å²) in [5.74, 6) is 1.33. The zero-order valence-electron chi connectivity index (χ0n) is 9.37. The molecule has 2 rings (SSSR count). The van der Waals surface area contributed by atoms with Gasteiger partial charge >= 0.3 is 0 Å². The minimum absolute atomic E-state index is 0.138. The van der Waals surface area contributed by atoms with Gasteiger partial charge in [-0.25, -0.2) is 0 Å². The summed E-state index contributed by atoms with van der Waals surface area (Å²) < 4.78 is 10.9. The molecule has 1 aliphatic heterocycles. The molecule has 1 aromatic rings. The summed E-state index contributed by atoms with van der Waals surface area (Å²) in [5.41, 5.74) is 0.768. The van der Waals surface area contributed by atoms with Crippen LogP contribution in [-0.2, 0) is 0 Å². The van der Waals surface area contributed by atoms with E-state index < -0.39 is 6.10 Å². The Morgan fingerprint density at radius 1 is 1.25 bits per heavy atom. The fourth-order valence-electron chi connectivity index (χ4n) is 1.69. The molecule has 0 spiro atoms. The maximum Gasteiger partial charge on any atom is 0.179 e. The molecular formula is C12H15ClO3. The van der Waals surface area contributed by atoms with Crippen molar-refractivity contribution in [3.63, 3.8) is 0 Å². The van der Waals surface area contributed by atoms with E-state index in [-0.39, 0.29) is 5.92 Å². The zero-order valence-corrected chi connectivity index (χ0v) is 10.1. The highest BCUT2D eigenvalue weighted by Crippen LogP contribution is 2.40. The van der Waals surface area contributed by atoms with E-state index >= 15 is 0 Å². The number of halogens is 1. The molecule has 0 saturated carbocycles. The molecule has 3 nitrogen and oxygen atoms in total. The number of rotatable bonds is 2. The average molecular weight is 243 g/mol. The summed E-state index contributed by atoms with van der Waals surface area (Å²) in [6.07, 6.45) is -0.534. The third kappa shape index (κ3) is 2.11. The molecule has 0 amide bonds. The predicted octanol–water partition coefficient (Wildman–Crippen LogP) is 2.80. The van der Waals surface area contributed by atoms with Gasteiger partial charge in [0.1, 0.15) is 13.2 Å². The maximum absolute atomic E-state index is 9.97. The molecule has 1 atom stereocenters. The lowest BCUT2D eigenvalue weighted by Gasteiger charge is -2.22. The molecule has 0 bridgehead atoms. The van der Waals surface area contributed by atoms with Gasteiger partial charge in [-0.3, -0.25) is 0 Å². The Morgan fingerprint density at radius 2 is 1.94 bits per heavy atom. The van der Waals surface area contributed by atoms with Crippen molar-refractivity contribution in [3.8, 4) is 11.5 Å². The van der Waals surface area contributed by atoms with Gasteiger partial charge in [-0.1, -0.05) is 25.4 Å². The summed E-state index contributed by atoms with van der Waals surface area (Å²) in [7, 11) is 0. The average Bonchev–Trinajstić information content (AvgIpc) is 2.28. The minimum atomic E-state index is -0.534. The van der Waals surface area contributed by atoms with E-state index in [0.29, 0.717) is 29.7 Å². The van der Waals surface area contributed by atoms with Crippen LogP contribution >= 0.6 is 11.6 Å². The Kier molecular flexibility index (Phi) is 3.26. The molecule has 0 fully saturated rings. The fraction of sp³-hybridized carbons (Fsp3) is 0.500. The van der Waals surface area contributed by atoms with Crippen LogP contribution in [0.5, 0.6) is 11.5 Å². The van der Waals surface area contributed by atoms with Crippen molar-refractivity contribution in [1.82, 2.24) is 0 Å². The Bertz CT molecular complexity index is 390. The van der Waals surface area contributed by atoms with Gasteiger partial charge in [-0.05, 0) is 23.6 Å². The standard InChI is InChI=1S/C12H15ClO3/c1-7(2)11(14)8-5-9(13)12-10(6-8)15-3-4-16-12/h5-7,11,14H,3-4H2,1-2H3. The molecule has 16 heavy (non-hydrogen) atoms. The van der Waals surface area contributed by atoms with Crippen molar-refractivity contribution >= 4 is 11.6 Å². The van der Waals surface area contributed by atoms with E-state index in [1.807, 2.05) is 13.8 Å². The Labute approximate surface area is 99.9 Å². The molecule has 1 aromatic carbocycles. The number of aliphatic hydroxyl groups is 1. The van der Waals surface area contributed by atoms with Gasteiger partial charge in [0.2, 0.25) is 0 Å². The Hall–Kier alpha value is -0.930. The monoisotopic (exact) mass is 242 g/mol. The number of hydrogen-bond donors (Lipinski definition) is 1. The first kappa shape index (κ1) is 11.6. The maximum atomic E-state index is 9.97. The lowest BCUT2D eigenvalue weighted by atomic mass is 9.99. The van der Waals surface area contributed by atoms with Crippen LogP contribution in [0.4, 0.5) is 0 Å². The van der Waals surface area contributed by atoms with E-state index in [9.17, 15) is 5.11 Å². The van der Waals surface area contributed by atoms with E-state index in [2.05, 4.69) is 0 Å². The van der Waals surface area contributed by atoms with Gasteiger partial charge in [0.15, 0.2) is 11.5 Å². The van der Waals surface area contributed by atoms with Crippen LogP contribution in [0.3, 0.4) is 0 Å². The highest BCUT2D eigenvalue weighted by Gasteiger charge is 2.20. The Morgan fingerprint density at radius 3 is 2.62 bits per heavy atom. The van der Waals surface area contributed by atoms with E-state index in [4.69, 9.17) is 21.1 Å². The van der Waals surface area contributed by atoms with Crippen molar-refractivity contribution < 1.29 is 14.6 Å². The Balaban J connectivity index is 2.39.